The Balaban J connectivity index is 0.000000120. The third-order valence-corrected chi connectivity index (χ3v) is 16.6. The molecule has 4 unspecified atom stereocenters. The fourth-order valence-corrected chi connectivity index (χ4v) is 16.2. The predicted molar refractivity (Wildman–Crippen MR) is 235 cm³/mol. The van der Waals surface area contributed by atoms with Crippen molar-refractivity contribution in [2.24, 2.45) is 52.7 Å². The molecule has 324 valence electrons. The lowest BCUT2D eigenvalue weighted by molar-refractivity contribution is -0.0449. The fourth-order valence-electron chi connectivity index (χ4n) is 16.0. The van der Waals surface area contributed by atoms with Gasteiger partial charge < -0.3 is 33.2 Å². The molecule has 12 aliphatic rings. The van der Waals surface area contributed by atoms with E-state index in [9.17, 15) is 14.4 Å². The summed E-state index contributed by atoms with van der Waals surface area (Å²) in [5, 5.41) is 10.5. The zero-order chi connectivity index (χ0) is 42.3. The molecule has 15 rings (SSSR count). The quantitative estimate of drug-likeness (QED) is 0.155. The lowest BCUT2D eigenvalue weighted by Gasteiger charge is -2.62. The van der Waals surface area contributed by atoms with E-state index in [1.165, 1.54) is 44.9 Å². The second-order valence-electron chi connectivity index (χ2n) is 22.1. The number of carbonyl (C=O) groups is 3. The van der Waals surface area contributed by atoms with Crippen LogP contribution in [-0.2, 0) is 0 Å². The van der Waals surface area contributed by atoms with Crippen LogP contribution in [0.4, 0.5) is 0 Å². The molecule has 4 atom stereocenters. The van der Waals surface area contributed by atoms with Gasteiger partial charge in [0.15, 0.2) is 0 Å². The highest BCUT2D eigenvalue weighted by Gasteiger charge is 2.60. The standard InChI is InChI=1S/C23H24ClN3O2.C16H21N3O.C10H18N2/c24-18-5-3-4-17(9-18)20(28)26-22-10-15-8-16(11-22)13-23(12-15,14-22)27-21(29)19-6-1-2-7-25-19;17-15-6-11-5-12(7-15)9-16(8-11,10-15)19-14(20)13-3-1-2-4-18-13;11-9-2-7-1-8(4-9)5-10(12,3-7)6-9/h1-7,9,15-16H,8,10-14H2,(H,26,28)(H,27,29);1-4,11-12H,5-10,17H2,(H,19,20);7-8H,1-6,11-12H2. The Morgan fingerprint density at radius 2 is 0.885 bits per heavy atom. The van der Waals surface area contributed by atoms with E-state index in [2.05, 4.69) is 25.9 Å². The number of nitrogens with one attached hydrogen (secondary N) is 3. The topological polar surface area (TPSA) is 191 Å². The first kappa shape index (κ1) is 41.1. The molecule has 0 aliphatic heterocycles. The highest BCUT2D eigenvalue weighted by molar-refractivity contribution is 6.31. The van der Waals surface area contributed by atoms with Crippen LogP contribution in [0.25, 0.3) is 0 Å². The molecule has 12 heteroatoms. The molecule has 0 spiro atoms. The van der Waals surface area contributed by atoms with Crippen LogP contribution in [0.15, 0.2) is 73.1 Å². The molecule has 0 radical (unpaired) electrons. The van der Waals surface area contributed by atoms with Gasteiger partial charge in [-0.25, -0.2) is 0 Å². The summed E-state index contributed by atoms with van der Waals surface area (Å²) in [5.41, 5.74) is 20.4. The number of aromatic nitrogens is 2. The van der Waals surface area contributed by atoms with E-state index in [0.29, 0.717) is 45.6 Å². The first-order valence-corrected chi connectivity index (χ1v) is 23.4. The van der Waals surface area contributed by atoms with Crippen molar-refractivity contribution < 1.29 is 14.4 Å². The molecule has 12 fully saturated rings. The van der Waals surface area contributed by atoms with E-state index in [-0.39, 0.29) is 51.0 Å². The number of amides is 3. The van der Waals surface area contributed by atoms with Crippen LogP contribution in [0.5, 0.6) is 0 Å². The molecule has 9 N–H and O–H groups in total. The summed E-state index contributed by atoms with van der Waals surface area (Å²) < 4.78 is 0. The van der Waals surface area contributed by atoms with Crippen molar-refractivity contribution >= 4 is 29.3 Å². The van der Waals surface area contributed by atoms with Crippen LogP contribution < -0.4 is 33.2 Å². The third-order valence-electron chi connectivity index (χ3n) is 16.3. The molecule has 12 bridgehead atoms. The van der Waals surface area contributed by atoms with Crippen LogP contribution in [0, 0.1) is 35.5 Å². The maximum Gasteiger partial charge on any atom is 0.270 e. The number of carbonyl (C=O) groups excluding carboxylic acids is 3. The number of nitrogens with two attached hydrogens (primary N) is 3. The largest absolute Gasteiger partial charge is 0.346 e. The molecule has 0 saturated heterocycles. The average Bonchev–Trinajstić information content (AvgIpc) is 3.16. The monoisotopic (exact) mass is 846 g/mol. The maximum absolute atomic E-state index is 13.0. The fraction of sp³-hybridized carbons (Fsp3) is 0.612. The van der Waals surface area contributed by atoms with Gasteiger partial charge in [0.25, 0.3) is 17.7 Å². The van der Waals surface area contributed by atoms with E-state index in [0.717, 1.165) is 82.5 Å². The van der Waals surface area contributed by atoms with Crippen molar-refractivity contribution in [1.82, 2.24) is 25.9 Å². The zero-order valence-corrected chi connectivity index (χ0v) is 36.1. The minimum atomic E-state index is -0.264. The van der Waals surface area contributed by atoms with Crippen LogP contribution in [0.3, 0.4) is 0 Å². The highest BCUT2D eigenvalue weighted by Crippen LogP contribution is 2.59. The van der Waals surface area contributed by atoms with Gasteiger partial charge in [-0.05, 0) is 194 Å². The van der Waals surface area contributed by atoms with E-state index in [1.807, 2.05) is 24.3 Å². The van der Waals surface area contributed by atoms with Gasteiger partial charge >= 0.3 is 0 Å². The summed E-state index contributed by atoms with van der Waals surface area (Å²) in [7, 11) is 0. The van der Waals surface area contributed by atoms with E-state index < -0.39 is 0 Å². The molecule has 61 heavy (non-hydrogen) atoms. The predicted octanol–water partition coefficient (Wildman–Crippen LogP) is 6.84. The van der Waals surface area contributed by atoms with E-state index in [1.54, 1.807) is 48.8 Å². The summed E-state index contributed by atoms with van der Waals surface area (Å²) in [6.07, 6.45) is 23.4. The molecule has 3 aromatic rings. The number of nitrogens with zero attached hydrogens (tertiary/aromatic N) is 2. The van der Waals surface area contributed by atoms with Gasteiger partial charge in [-0.15, -0.1) is 0 Å². The summed E-state index contributed by atoms with van der Waals surface area (Å²) in [5.74, 6) is 3.93. The second-order valence-corrected chi connectivity index (χ2v) is 22.6. The number of rotatable bonds is 6. The Morgan fingerprint density at radius 3 is 1.28 bits per heavy atom. The maximum atomic E-state index is 13.0. The van der Waals surface area contributed by atoms with Gasteiger partial charge in [-0.2, -0.15) is 0 Å². The Morgan fingerprint density at radius 1 is 0.492 bits per heavy atom. The Labute approximate surface area is 364 Å². The molecule has 3 amide bonds. The van der Waals surface area contributed by atoms with Crippen LogP contribution >= 0.6 is 11.6 Å². The number of hydrogen-bond acceptors (Lipinski definition) is 8. The molecule has 12 aliphatic carbocycles. The number of pyridine rings is 2. The summed E-state index contributed by atoms with van der Waals surface area (Å²) in [6, 6.07) is 17.9. The van der Waals surface area contributed by atoms with Crippen LogP contribution in [0.2, 0.25) is 5.02 Å². The average molecular weight is 848 g/mol. The van der Waals surface area contributed by atoms with Gasteiger partial charge in [0.2, 0.25) is 0 Å². The number of hydrogen-bond donors (Lipinski definition) is 6. The normalized spacial score (nSPS) is 41.2. The van der Waals surface area contributed by atoms with Crippen molar-refractivity contribution in [3.05, 3.63) is 95.0 Å². The number of benzene rings is 1. The van der Waals surface area contributed by atoms with E-state index >= 15 is 0 Å². The van der Waals surface area contributed by atoms with Crippen LogP contribution in [-0.4, -0.2) is 60.9 Å². The summed E-state index contributed by atoms with van der Waals surface area (Å²) in [4.78, 5) is 46.6. The van der Waals surface area contributed by atoms with Crippen molar-refractivity contribution in [1.29, 1.82) is 0 Å². The molecular weight excluding hydrogens is 784 g/mol. The van der Waals surface area contributed by atoms with Crippen molar-refractivity contribution in [2.45, 2.75) is 149 Å². The first-order valence-electron chi connectivity index (χ1n) is 23.0. The van der Waals surface area contributed by atoms with Gasteiger partial charge in [-0.3, -0.25) is 24.4 Å². The summed E-state index contributed by atoms with van der Waals surface area (Å²) in [6.45, 7) is 0. The minimum Gasteiger partial charge on any atom is -0.346 e. The first-order chi connectivity index (χ1) is 29.1. The highest BCUT2D eigenvalue weighted by atomic mass is 35.5. The second kappa shape index (κ2) is 15.1. The van der Waals surface area contributed by atoms with Crippen molar-refractivity contribution in [3.8, 4) is 0 Å². The van der Waals surface area contributed by atoms with Gasteiger partial charge in [0.05, 0.1) is 0 Å². The minimum absolute atomic E-state index is 0.0402. The van der Waals surface area contributed by atoms with Crippen LogP contribution in [0.1, 0.15) is 147 Å². The Bertz CT molecular complexity index is 2110. The van der Waals surface area contributed by atoms with Crippen molar-refractivity contribution in [2.75, 3.05) is 0 Å². The Hall–Kier alpha value is -3.90. The Kier molecular flexibility index (Phi) is 10.2. The molecule has 11 nitrogen and oxygen atoms in total. The van der Waals surface area contributed by atoms with E-state index in [4.69, 9.17) is 28.8 Å². The molecule has 2 heterocycles. The van der Waals surface area contributed by atoms with Gasteiger partial charge in [0, 0.05) is 56.2 Å². The van der Waals surface area contributed by atoms with Crippen molar-refractivity contribution in [3.63, 3.8) is 0 Å². The number of halogens is 1. The molecule has 12 saturated carbocycles. The zero-order valence-electron chi connectivity index (χ0n) is 35.3. The van der Waals surface area contributed by atoms with Gasteiger partial charge in [0.1, 0.15) is 11.4 Å². The molecule has 1 aromatic carbocycles. The van der Waals surface area contributed by atoms with Gasteiger partial charge in [-0.1, -0.05) is 29.8 Å². The SMILES string of the molecule is NC12CC3CC(C1)CC(N)(C3)C2.NC12CC3CC(C1)CC(NC(=O)c1ccccn1)(C3)C2.O=C(NC12CC3CC(C1)CC(NC(=O)c1ccccn1)(C3)C2)c1cccc(Cl)c1. The third kappa shape index (κ3) is 8.49. The summed E-state index contributed by atoms with van der Waals surface area (Å²) >= 11 is 6.07. The lowest BCUT2D eigenvalue weighted by Crippen LogP contribution is -2.69. The smallest absolute Gasteiger partial charge is 0.270 e. The lowest BCUT2D eigenvalue weighted by atomic mass is 9.49. The molecule has 2 aromatic heterocycles. The molecular formula is C49H63ClN8O3.